The average Bonchev–Trinajstić information content (AvgIpc) is 2.95. The fraction of sp³-hybridized carbons (Fsp3) is 0.368. The number of hydrogen-bond acceptors (Lipinski definition) is 2. The van der Waals surface area contributed by atoms with Gasteiger partial charge in [0.2, 0.25) is 0 Å². The molecule has 1 unspecified atom stereocenters. The number of fused-ring (bicyclic) bond motifs is 1. The van der Waals surface area contributed by atoms with Gasteiger partial charge < -0.3 is 9.64 Å². The largest absolute Gasteiger partial charge is 0.488 e. The third-order valence-corrected chi connectivity index (χ3v) is 5.05. The lowest BCUT2D eigenvalue weighted by molar-refractivity contribution is 0.159. The summed E-state index contributed by atoms with van der Waals surface area (Å²) in [5.74, 6) is 0.930. The lowest BCUT2D eigenvalue weighted by atomic mass is 10.0. The van der Waals surface area contributed by atoms with Crippen molar-refractivity contribution in [3.63, 3.8) is 0 Å². The van der Waals surface area contributed by atoms with Crippen molar-refractivity contribution in [2.45, 2.75) is 26.4 Å². The van der Waals surface area contributed by atoms with Crippen molar-refractivity contribution in [3.05, 3.63) is 52.0 Å². The summed E-state index contributed by atoms with van der Waals surface area (Å²) in [5, 5.41) is 1.31. The predicted octanol–water partition coefficient (Wildman–Crippen LogP) is 5.31. The summed E-state index contributed by atoms with van der Waals surface area (Å²) in [6.45, 7) is 7.38. The van der Waals surface area contributed by atoms with Crippen LogP contribution >= 0.6 is 23.2 Å². The molecule has 122 valence electrons. The Kier molecular flexibility index (Phi) is 5.15. The van der Waals surface area contributed by atoms with Crippen LogP contribution in [0.4, 0.5) is 0 Å². The van der Waals surface area contributed by atoms with Crippen LogP contribution in [-0.2, 0) is 6.42 Å². The van der Waals surface area contributed by atoms with Gasteiger partial charge in [-0.05, 0) is 30.8 Å². The second-order valence-electron chi connectivity index (χ2n) is 5.82. The Morgan fingerprint density at radius 3 is 2.35 bits per heavy atom. The molecule has 2 nitrogen and oxygen atoms in total. The van der Waals surface area contributed by atoms with Gasteiger partial charge in [-0.25, -0.2) is 0 Å². The van der Waals surface area contributed by atoms with Crippen LogP contribution in [0.1, 0.15) is 19.4 Å². The highest BCUT2D eigenvalue weighted by molar-refractivity contribution is 6.39. The maximum absolute atomic E-state index is 6.38. The van der Waals surface area contributed by atoms with Crippen molar-refractivity contribution in [1.29, 1.82) is 0 Å². The minimum absolute atomic E-state index is 0.187. The van der Waals surface area contributed by atoms with Crippen LogP contribution in [0.3, 0.4) is 0 Å². The highest BCUT2D eigenvalue weighted by atomic mass is 35.5. The molecule has 0 amide bonds. The summed E-state index contributed by atoms with van der Waals surface area (Å²) in [4.78, 5) is 2.39. The molecule has 0 fully saturated rings. The van der Waals surface area contributed by atoms with Crippen LogP contribution in [0.5, 0.6) is 5.75 Å². The summed E-state index contributed by atoms with van der Waals surface area (Å²) in [6, 6.07) is 11.8. The van der Waals surface area contributed by atoms with Gasteiger partial charge in [0.05, 0.1) is 10.0 Å². The van der Waals surface area contributed by atoms with E-state index in [4.69, 9.17) is 27.9 Å². The first-order chi connectivity index (χ1) is 11.1. The molecule has 4 heteroatoms. The molecule has 1 atom stereocenters. The van der Waals surface area contributed by atoms with Crippen molar-refractivity contribution < 1.29 is 4.74 Å². The van der Waals surface area contributed by atoms with Gasteiger partial charge >= 0.3 is 0 Å². The normalized spacial score (nSPS) is 16.5. The van der Waals surface area contributed by atoms with E-state index >= 15 is 0 Å². The summed E-state index contributed by atoms with van der Waals surface area (Å²) in [5.41, 5.74) is 3.08. The van der Waals surface area contributed by atoms with Crippen LogP contribution in [-0.4, -0.2) is 30.6 Å². The van der Waals surface area contributed by atoms with E-state index in [0.717, 1.165) is 42.9 Å². The topological polar surface area (TPSA) is 12.5 Å². The van der Waals surface area contributed by atoms with Crippen LogP contribution < -0.4 is 4.74 Å². The lowest BCUT2D eigenvalue weighted by Crippen LogP contribution is -2.34. The number of likely N-dealkylation sites (N-methyl/N-ethyl adjacent to an activating group) is 1. The molecule has 3 rings (SSSR count). The molecule has 0 aliphatic carbocycles. The molecule has 0 N–H and O–H groups in total. The van der Waals surface area contributed by atoms with E-state index in [1.807, 2.05) is 24.3 Å². The van der Waals surface area contributed by atoms with Crippen molar-refractivity contribution in [2.75, 3.05) is 19.6 Å². The molecule has 0 radical (unpaired) electrons. The van der Waals surface area contributed by atoms with Crippen LogP contribution in [0.2, 0.25) is 10.0 Å². The molecule has 2 aromatic carbocycles. The van der Waals surface area contributed by atoms with E-state index in [9.17, 15) is 0 Å². The summed E-state index contributed by atoms with van der Waals surface area (Å²) >= 11 is 12.8. The Balaban J connectivity index is 1.93. The van der Waals surface area contributed by atoms with E-state index in [0.29, 0.717) is 10.0 Å². The molecule has 0 spiro atoms. The predicted molar refractivity (Wildman–Crippen MR) is 97.8 cm³/mol. The molecule has 0 saturated heterocycles. The average molecular weight is 350 g/mol. The Hall–Kier alpha value is -1.22. The van der Waals surface area contributed by atoms with Gasteiger partial charge in [0.1, 0.15) is 11.9 Å². The number of halogens is 2. The molecule has 0 bridgehead atoms. The van der Waals surface area contributed by atoms with E-state index in [2.05, 4.69) is 30.9 Å². The standard InChI is InChI=1S/C19H21Cl2NO/c1-3-22(4-2)12-14-11-13-7-5-8-15(19(13)23-14)18-16(20)9-6-10-17(18)21/h5-10,14H,3-4,11-12H2,1-2H3. The van der Waals surface area contributed by atoms with Crippen LogP contribution in [0, 0.1) is 0 Å². The fourth-order valence-electron chi connectivity index (χ4n) is 3.16. The van der Waals surface area contributed by atoms with E-state index in [-0.39, 0.29) is 6.10 Å². The number of para-hydroxylation sites is 1. The van der Waals surface area contributed by atoms with Gasteiger partial charge in [0, 0.05) is 24.1 Å². The van der Waals surface area contributed by atoms with Gasteiger partial charge in [0.15, 0.2) is 0 Å². The fourth-order valence-corrected chi connectivity index (χ4v) is 3.76. The maximum Gasteiger partial charge on any atom is 0.131 e. The summed E-state index contributed by atoms with van der Waals surface area (Å²) < 4.78 is 6.28. The van der Waals surface area contributed by atoms with Gasteiger partial charge in [-0.1, -0.05) is 61.3 Å². The monoisotopic (exact) mass is 349 g/mol. The number of hydrogen-bond donors (Lipinski definition) is 0. The van der Waals surface area contributed by atoms with E-state index in [1.54, 1.807) is 0 Å². The van der Waals surface area contributed by atoms with Gasteiger partial charge in [-0.2, -0.15) is 0 Å². The van der Waals surface area contributed by atoms with Crippen molar-refractivity contribution in [2.24, 2.45) is 0 Å². The summed E-state index contributed by atoms with van der Waals surface area (Å²) in [6.07, 6.45) is 1.12. The quantitative estimate of drug-likeness (QED) is 0.725. The molecular weight excluding hydrogens is 329 g/mol. The SMILES string of the molecule is CCN(CC)CC1Cc2cccc(-c3c(Cl)cccc3Cl)c2O1. The molecule has 1 aliphatic rings. The highest BCUT2D eigenvalue weighted by Gasteiger charge is 2.27. The Morgan fingerprint density at radius 2 is 1.70 bits per heavy atom. The smallest absolute Gasteiger partial charge is 0.131 e. The van der Waals surface area contributed by atoms with Gasteiger partial charge in [-0.3, -0.25) is 0 Å². The molecule has 2 aromatic rings. The Morgan fingerprint density at radius 1 is 1.04 bits per heavy atom. The number of rotatable bonds is 5. The molecule has 1 heterocycles. The molecule has 0 aromatic heterocycles. The Labute approximate surface area is 148 Å². The third kappa shape index (κ3) is 3.35. The lowest BCUT2D eigenvalue weighted by Gasteiger charge is -2.22. The number of nitrogens with zero attached hydrogens (tertiary/aromatic N) is 1. The second kappa shape index (κ2) is 7.12. The zero-order valence-corrected chi connectivity index (χ0v) is 15.0. The van der Waals surface area contributed by atoms with Crippen molar-refractivity contribution >= 4 is 23.2 Å². The number of ether oxygens (including phenoxy) is 1. The molecular formula is C19H21Cl2NO. The first kappa shape index (κ1) is 16.6. The maximum atomic E-state index is 6.38. The third-order valence-electron chi connectivity index (χ3n) is 4.42. The highest BCUT2D eigenvalue weighted by Crippen LogP contribution is 2.44. The molecule has 1 aliphatic heterocycles. The Bertz CT molecular complexity index is 678. The zero-order valence-electron chi connectivity index (χ0n) is 13.5. The van der Waals surface area contributed by atoms with Crippen LogP contribution in [0.15, 0.2) is 36.4 Å². The van der Waals surface area contributed by atoms with E-state index < -0.39 is 0 Å². The summed E-state index contributed by atoms with van der Waals surface area (Å²) in [7, 11) is 0. The van der Waals surface area contributed by atoms with Gasteiger partial charge in [0.25, 0.3) is 0 Å². The number of benzene rings is 2. The van der Waals surface area contributed by atoms with Crippen LogP contribution in [0.25, 0.3) is 11.1 Å². The first-order valence-electron chi connectivity index (χ1n) is 8.09. The van der Waals surface area contributed by atoms with E-state index in [1.165, 1.54) is 5.56 Å². The second-order valence-corrected chi connectivity index (χ2v) is 6.63. The van der Waals surface area contributed by atoms with Crippen molar-refractivity contribution in [1.82, 2.24) is 4.90 Å². The minimum atomic E-state index is 0.187. The molecule has 0 saturated carbocycles. The van der Waals surface area contributed by atoms with Gasteiger partial charge in [-0.15, -0.1) is 0 Å². The minimum Gasteiger partial charge on any atom is -0.488 e. The first-order valence-corrected chi connectivity index (χ1v) is 8.84. The molecule has 23 heavy (non-hydrogen) atoms. The zero-order chi connectivity index (χ0) is 16.4. The van der Waals surface area contributed by atoms with Crippen molar-refractivity contribution in [3.8, 4) is 16.9 Å².